The molecule has 0 saturated heterocycles. The van der Waals surface area contributed by atoms with Crippen molar-refractivity contribution >= 4 is 17.0 Å². The van der Waals surface area contributed by atoms with Crippen LogP contribution in [0.1, 0.15) is 10.6 Å². The lowest BCUT2D eigenvalue weighted by Crippen LogP contribution is -1.98. The molecule has 0 amide bonds. The fourth-order valence-electron chi connectivity index (χ4n) is 2.60. The normalized spacial score (nSPS) is 10.2. The molecule has 1 N–H and O–H groups in total. The molecule has 0 atom stereocenters. The van der Waals surface area contributed by atoms with Gasteiger partial charge >= 0.3 is 0 Å². The summed E-state index contributed by atoms with van der Waals surface area (Å²) in [6.07, 6.45) is 3.49. The van der Waals surface area contributed by atoms with E-state index in [4.69, 9.17) is 10.00 Å². The summed E-state index contributed by atoms with van der Waals surface area (Å²) in [7, 11) is 0. The van der Waals surface area contributed by atoms with Gasteiger partial charge in [-0.25, -0.2) is 9.97 Å². The van der Waals surface area contributed by atoms with Gasteiger partial charge < -0.3 is 10.1 Å². The number of thiazole rings is 1. The van der Waals surface area contributed by atoms with Gasteiger partial charge in [-0.2, -0.15) is 5.26 Å². The number of aromatic nitrogens is 2. The Balaban J connectivity index is 1.40. The predicted octanol–water partition coefficient (Wildman–Crippen LogP) is 5.48. The Bertz CT molecular complexity index is 1100. The molecule has 0 saturated carbocycles. The zero-order chi connectivity index (χ0) is 19.2. The van der Waals surface area contributed by atoms with E-state index in [1.165, 1.54) is 0 Å². The molecule has 0 radical (unpaired) electrons. The van der Waals surface area contributed by atoms with Crippen molar-refractivity contribution in [2.24, 2.45) is 0 Å². The molecule has 0 spiro atoms. The third-order valence-corrected chi connectivity index (χ3v) is 5.02. The average molecular weight is 384 g/mol. The van der Waals surface area contributed by atoms with E-state index in [0.29, 0.717) is 12.2 Å². The van der Waals surface area contributed by atoms with Crippen LogP contribution in [0.25, 0.3) is 10.6 Å². The van der Waals surface area contributed by atoms with Gasteiger partial charge in [0.15, 0.2) is 0 Å². The maximum absolute atomic E-state index is 8.92. The monoisotopic (exact) mass is 384 g/mol. The standard InChI is InChI=1S/C22H16N4OS/c23-13-18-12-17(10-11-24-18)25-14-21-15-26-22(28-21)16-6-8-20(9-7-16)27-19-4-2-1-3-5-19/h1-12,15H,14H2,(H,24,25). The van der Waals surface area contributed by atoms with Crippen molar-refractivity contribution in [1.29, 1.82) is 5.26 Å². The SMILES string of the molecule is N#Cc1cc(NCc2cnc(-c3ccc(Oc4ccccc4)cc3)s2)ccn1. The van der Waals surface area contributed by atoms with Crippen molar-refractivity contribution in [3.8, 4) is 28.1 Å². The minimum absolute atomic E-state index is 0.396. The van der Waals surface area contributed by atoms with E-state index in [1.54, 1.807) is 23.6 Å². The highest BCUT2D eigenvalue weighted by Crippen LogP contribution is 2.29. The molecule has 4 rings (SSSR count). The van der Waals surface area contributed by atoms with Gasteiger partial charge in [0, 0.05) is 28.5 Å². The van der Waals surface area contributed by atoms with E-state index in [2.05, 4.69) is 15.3 Å². The summed E-state index contributed by atoms with van der Waals surface area (Å²) in [5, 5.41) is 13.2. The Hall–Kier alpha value is -3.69. The summed E-state index contributed by atoms with van der Waals surface area (Å²) in [5.74, 6) is 1.60. The molecule has 136 valence electrons. The quantitative estimate of drug-likeness (QED) is 0.476. The topological polar surface area (TPSA) is 70.8 Å². The van der Waals surface area contributed by atoms with Crippen LogP contribution in [0.5, 0.6) is 11.5 Å². The first-order chi connectivity index (χ1) is 13.8. The maximum Gasteiger partial charge on any atom is 0.142 e. The Kier molecular flexibility index (Phi) is 5.27. The fourth-order valence-corrected chi connectivity index (χ4v) is 3.46. The molecule has 6 heteroatoms. The molecule has 0 fully saturated rings. The van der Waals surface area contributed by atoms with Crippen LogP contribution in [0.4, 0.5) is 5.69 Å². The number of pyridine rings is 1. The number of nitriles is 1. The van der Waals surface area contributed by atoms with Crippen LogP contribution in [0.15, 0.2) is 79.1 Å². The van der Waals surface area contributed by atoms with Crippen LogP contribution < -0.4 is 10.1 Å². The number of nitrogens with zero attached hydrogens (tertiary/aromatic N) is 3. The third kappa shape index (κ3) is 4.34. The minimum atomic E-state index is 0.396. The number of hydrogen-bond acceptors (Lipinski definition) is 6. The maximum atomic E-state index is 8.92. The summed E-state index contributed by atoms with van der Waals surface area (Å²) in [4.78, 5) is 9.59. The summed E-state index contributed by atoms with van der Waals surface area (Å²) in [6, 6.07) is 23.2. The highest BCUT2D eigenvalue weighted by Gasteiger charge is 2.06. The van der Waals surface area contributed by atoms with Crippen molar-refractivity contribution in [2.45, 2.75) is 6.54 Å². The lowest BCUT2D eigenvalue weighted by molar-refractivity contribution is 0.483. The van der Waals surface area contributed by atoms with Crippen molar-refractivity contribution in [1.82, 2.24) is 9.97 Å². The van der Waals surface area contributed by atoms with Gasteiger partial charge in [-0.1, -0.05) is 18.2 Å². The predicted molar refractivity (Wildman–Crippen MR) is 110 cm³/mol. The number of nitrogens with one attached hydrogen (secondary N) is 1. The number of hydrogen-bond donors (Lipinski definition) is 1. The molecule has 0 unspecified atom stereocenters. The Morgan fingerprint density at radius 1 is 0.964 bits per heavy atom. The number of anilines is 1. The van der Waals surface area contributed by atoms with Crippen molar-refractivity contribution in [3.05, 3.63) is 89.7 Å². The molecule has 0 aliphatic carbocycles. The first kappa shape index (κ1) is 17.7. The average Bonchev–Trinajstić information content (AvgIpc) is 3.23. The van der Waals surface area contributed by atoms with Crippen LogP contribution in [0.3, 0.4) is 0 Å². The van der Waals surface area contributed by atoms with Gasteiger partial charge in [0.1, 0.15) is 28.3 Å². The molecular formula is C22H16N4OS. The zero-order valence-corrected chi connectivity index (χ0v) is 15.7. The van der Waals surface area contributed by atoms with Crippen molar-refractivity contribution in [2.75, 3.05) is 5.32 Å². The lowest BCUT2D eigenvalue weighted by atomic mass is 10.2. The summed E-state index contributed by atoms with van der Waals surface area (Å²) < 4.78 is 5.83. The van der Waals surface area contributed by atoms with E-state index in [0.717, 1.165) is 32.6 Å². The zero-order valence-electron chi connectivity index (χ0n) is 14.9. The van der Waals surface area contributed by atoms with E-state index < -0.39 is 0 Å². The van der Waals surface area contributed by atoms with Crippen LogP contribution in [-0.4, -0.2) is 9.97 Å². The van der Waals surface area contributed by atoms with E-state index >= 15 is 0 Å². The number of ether oxygens (including phenoxy) is 1. The molecule has 2 heterocycles. The van der Waals surface area contributed by atoms with Gasteiger partial charge in [0.05, 0.1) is 6.54 Å². The number of benzene rings is 2. The summed E-state index contributed by atoms with van der Waals surface area (Å²) in [6.45, 7) is 0.641. The molecular weight excluding hydrogens is 368 g/mol. The molecule has 2 aromatic heterocycles. The van der Waals surface area contributed by atoms with E-state index in [-0.39, 0.29) is 0 Å². The van der Waals surface area contributed by atoms with Crippen molar-refractivity contribution in [3.63, 3.8) is 0 Å². The second kappa shape index (κ2) is 8.33. The van der Waals surface area contributed by atoms with Gasteiger partial charge in [-0.3, -0.25) is 0 Å². The second-order valence-electron chi connectivity index (χ2n) is 5.97. The number of rotatable bonds is 6. The highest BCUT2D eigenvalue weighted by molar-refractivity contribution is 7.15. The van der Waals surface area contributed by atoms with Crippen LogP contribution >= 0.6 is 11.3 Å². The van der Waals surface area contributed by atoms with Gasteiger partial charge in [0.2, 0.25) is 0 Å². The minimum Gasteiger partial charge on any atom is -0.457 e. The lowest BCUT2D eigenvalue weighted by Gasteiger charge is -2.05. The molecule has 0 bridgehead atoms. The first-order valence-electron chi connectivity index (χ1n) is 8.68. The Morgan fingerprint density at radius 3 is 2.54 bits per heavy atom. The van der Waals surface area contributed by atoms with Crippen LogP contribution in [0.2, 0.25) is 0 Å². The molecule has 0 aliphatic rings. The smallest absolute Gasteiger partial charge is 0.142 e. The summed E-state index contributed by atoms with van der Waals surface area (Å²) >= 11 is 1.63. The molecule has 0 aliphatic heterocycles. The van der Waals surface area contributed by atoms with E-state index in [1.807, 2.05) is 72.9 Å². The van der Waals surface area contributed by atoms with E-state index in [9.17, 15) is 0 Å². The Labute approximate surface area is 166 Å². The molecule has 5 nitrogen and oxygen atoms in total. The molecule has 4 aromatic rings. The largest absolute Gasteiger partial charge is 0.457 e. The number of para-hydroxylation sites is 1. The first-order valence-corrected chi connectivity index (χ1v) is 9.50. The Morgan fingerprint density at radius 2 is 1.75 bits per heavy atom. The fraction of sp³-hybridized carbons (Fsp3) is 0.0455. The third-order valence-electron chi connectivity index (χ3n) is 3.97. The highest BCUT2D eigenvalue weighted by atomic mass is 32.1. The van der Waals surface area contributed by atoms with Gasteiger partial charge in [0.25, 0.3) is 0 Å². The summed E-state index contributed by atoms with van der Waals surface area (Å²) in [5.41, 5.74) is 2.31. The van der Waals surface area contributed by atoms with Gasteiger partial charge in [-0.05, 0) is 48.5 Å². The van der Waals surface area contributed by atoms with Crippen LogP contribution in [0, 0.1) is 11.3 Å². The van der Waals surface area contributed by atoms with Crippen LogP contribution in [-0.2, 0) is 6.54 Å². The molecule has 28 heavy (non-hydrogen) atoms. The van der Waals surface area contributed by atoms with Crippen molar-refractivity contribution < 1.29 is 4.74 Å². The second-order valence-corrected chi connectivity index (χ2v) is 7.08. The molecule has 2 aromatic carbocycles. The van der Waals surface area contributed by atoms with Gasteiger partial charge in [-0.15, -0.1) is 11.3 Å².